The summed E-state index contributed by atoms with van der Waals surface area (Å²) in [6, 6.07) is 8.66. The molecular formula is C34H45F6N3O5. The minimum absolute atomic E-state index is 0.0805. The highest BCUT2D eigenvalue weighted by atomic mass is 19.4. The smallest absolute Gasteiger partial charge is 0.416 e. The Morgan fingerprint density at radius 1 is 1.08 bits per heavy atom. The highest BCUT2D eigenvalue weighted by Crippen LogP contribution is 2.31. The topological polar surface area (TPSA) is 91.3 Å². The number of nitrogens with zero attached hydrogens (tertiary/aromatic N) is 2. The predicted octanol–water partition coefficient (Wildman–Crippen LogP) is 6.91. The zero-order chi connectivity index (χ0) is 35.6. The van der Waals surface area contributed by atoms with E-state index >= 15 is 0 Å². The second kappa shape index (κ2) is 17.3. The summed E-state index contributed by atoms with van der Waals surface area (Å²) < 4.78 is 89.5. The van der Waals surface area contributed by atoms with Gasteiger partial charge in [0, 0.05) is 44.3 Å². The van der Waals surface area contributed by atoms with Crippen molar-refractivity contribution >= 4 is 17.5 Å². The third-order valence-electron chi connectivity index (χ3n) is 8.20. The first kappa shape index (κ1) is 39.1. The SMILES string of the molecule is C[C@@H]1CCCCO[C@H](CN(C)Cc2ccc(C(F)(F)F)cc2)[C@@H](C)CN([C@@H](C)CO)C(=O)c2cc(NC(=O)CCC(F)(F)F)ccc2O1. The van der Waals surface area contributed by atoms with Gasteiger partial charge in [0.25, 0.3) is 5.91 Å². The van der Waals surface area contributed by atoms with Crippen LogP contribution in [0.4, 0.5) is 32.0 Å². The van der Waals surface area contributed by atoms with E-state index in [1.165, 1.54) is 35.2 Å². The number of nitrogens with one attached hydrogen (secondary N) is 1. The van der Waals surface area contributed by atoms with Crippen molar-refractivity contribution < 1.29 is 50.5 Å². The number of fused-ring (bicyclic) bond motifs is 1. The van der Waals surface area contributed by atoms with Gasteiger partial charge in [-0.1, -0.05) is 19.1 Å². The number of carbonyl (C=O) groups is 2. The van der Waals surface area contributed by atoms with Crippen LogP contribution in [0, 0.1) is 5.92 Å². The summed E-state index contributed by atoms with van der Waals surface area (Å²) in [6.45, 7) is 6.42. The average molecular weight is 690 g/mol. The number of halogens is 6. The fourth-order valence-electron chi connectivity index (χ4n) is 5.42. The number of aliphatic hydroxyl groups is 1. The van der Waals surface area contributed by atoms with Crippen LogP contribution in [0.15, 0.2) is 42.5 Å². The molecule has 1 heterocycles. The van der Waals surface area contributed by atoms with Gasteiger partial charge in [0.15, 0.2) is 0 Å². The highest BCUT2D eigenvalue weighted by molar-refractivity contribution is 5.99. The summed E-state index contributed by atoms with van der Waals surface area (Å²) in [4.78, 5) is 29.8. The molecule has 48 heavy (non-hydrogen) atoms. The molecule has 0 fully saturated rings. The first-order valence-corrected chi connectivity index (χ1v) is 16.0. The molecule has 1 aliphatic rings. The number of benzene rings is 2. The van der Waals surface area contributed by atoms with E-state index in [0.29, 0.717) is 31.7 Å². The molecule has 2 amide bonds. The number of anilines is 1. The quantitative estimate of drug-likeness (QED) is 0.278. The Balaban J connectivity index is 1.86. The van der Waals surface area contributed by atoms with Gasteiger partial charge >= 0.3 is 12.4 Å². The summed E-state index contributed by atoms with van der Waals surface area (Å²) in [5, 5.41) is 12.5. The van der Waals surface area contributed by atoms with E-state index in [1.54, 1.807) is 6.92 Å². The maximum Gasteiger partial charge on any atom is 0.416 e. The fraction of sp³-hybridized carbons (Fsp3) is 0.588. The minimum Gasteiger partial charge on any atom is -0.490 e. The van der Waals surface area contributed by atoms with Crippen LogP contribution in [0.1, 0.15) is 74.4 Å². The first-order chi connectivity index (χ1) is 22.5. The maximum absolute atomic E-state index is 14.2. The zero-order valence-corrected chi connectivity index (χ0v) is 27.7. The lowest BCUT2D eigenvalue weighted by Gasteiger charge is -2.36. The number of rotatable bonds is 9. The molecule has 0 saturated carbocycles. The van der Waals surface area contributed by atoms with Gasteiger partial charge in [0.05, 0.1) is 42.4 Å². The number of hydrogen-bond acceptors (Lipinski definition) is 6. The summed E-state index contributed by atoms with van der Waals surface area (Å²) in [5.41, 5.74) is 0.174. The maximum atomic E-state index is 14.2. The van der Waals surface area contributed by atoms with Crippen molar-refractivity contribution in [1.82, 2.24) is 9.80 Å². The molecule has 0 aromatic heterocycles. The zero-order valence-electron chi connectivity index (χ0n) is 27.7. The van der Waals surface area contributed by atoms with Crippen LogP contribution in [0.25, 0.3) is 0 Å². The molecule has 0 unspecified atom stereocenters. The summed E-state index contributed by atoms with van der Waals surface area (Å²) in [5.74, 6) is -1.39. The molecule has 4 atom stereocenters. The van der Waals surface area contributed by atoms with Gasteiger partial charge < -0.3 is 24.8 Å². The van der Waals surface area contributed by atoms with Crippen LogP contribution in [0.3, 0.4) is 0 Å². The Bertz CT molecular complexity index is 1340. The Labute approximate surface area is 277 Å². The van der Waals surface area contributed by atoms with Crippen LogP contribution in [-0.2, 0) is 22.3 Å². The molecule has 3 rings (SSSR count). The van der Waals surface area contributed by atoms with E-state index in [1.807, 2.05) is 25.8 Å². The largest absolute Gasteiger partial charge is 0.490 e. The Hall–Kier alpha value is -3.36. The van der Waals surface area contributed by atoms with Gasteiger partial charge in [0.2, 0.25) is 5.91 Å². The molecule has 1 aliphatic heterocycles. The number of aliphatic hydroxyl groups excluding tert-OH is 1. The van der Waals surface area contributed by atoms with Crippen molar-refractivity contribution in [2.24, 2.45) is 5.92 Å². The Kier molecular flexibility index (Phi) is 14.1. The lowest BCUT2D eigenvalue weighted by molar-refractivity contribution is -0.142. The van der Waals surface area contributed by atoms with Crippen LogP contribution in [-0.4, -0.2) is 84.5 Å². The molecule has 0 radical (unpaired) electrons. The molecule has 268 valence electrons. The van der Waals surface area contributed by atoms with Crippen molar-refractivity contribution in [2.45, 2.75) is 90.0 Å². The number of ether oxygens (including phenoxy) is 2. The second-order valence-electron chi connectivity index (χ2n) is 12.6. The van der Waals surface area contributed by atoms with Gasteiger partial charge in [-0.05, 0) is 76.1 Å². The molecular weight excluding hydrogens is 644 g/mol. The minimum atomic E-state index is -4.49. The van der Waals surface area contributed by atoms with E-state index in [-0.39, 0.29) is 48.3 Å². The lowest BCUT2D eigenvalue weighted by atomic mass is 10.0. The van der Waals surface area contributed by atoms with E-state index in [4.69, 9.17) is 9.47 Å². The molecule has 0 saturated heterocycles. The number of hydrogen-bond donors (Lipinski definition) is 2. The standard InChI is InChI=1S/C34H45F6N3O5/c1-22-18-43(23(2)21-44)32(46)28-17-27(41-31(45)14-15-33(35,36)37)12-13-29(28)48-24(3)7-5-6-16-47-30(22)20-42(4)19-25-8-10-26(11-9-25)34(38,39)40/h8-13,17,22-24,30,44H,5-7,14-16,18-21H2,1-4H3,(H,41,45)/t22-,23-,24+,30+/m0/s1. The molecule has 2 aromatic rings. The van der Waals surface area contributed by atoms with Gasteiger partial charge in [-0.25, -0.2) is 0 Å². The molecule has 0 aliphatic carbocycles. The normalized spacial score (nSPS) is 20.9. The lowest BCUT2D eigenvalue weighted by Crippen LogP contribution is -2.47. The number of carbonyl (C=O) groups excluding carboxylic acids is 2. The summed E-state index contributed by atoms with van der Waals surface area (Å²) in [7, 11) is 1.83. The van der Waals surface area contributed by atoms with Crippen LogP contribution in [0.5, 0.6) is 5.75 Å². The predicted molar refractivity (Wildman–Crippen MR) is 169 cm³/mol. The number of alkyl halides is 6. The number of amides is 2. The van der Waals surface area contributed by atoms with Gasteiger partial charge in [-0.2, -0.15) is 26.3 Å². The molecule has 0 bridgehead atoms. The van der Waals surface area contributed by atoms with Gasteiger partial charge in [-0.15, -0.1) is 0 Å². The second-order valence-corrected chi connectivity index (χ2v) is 12.6. The van der Waals surface area contributed by atoms with Gasteiger partial charge in [0.1, 0.15) is 5.75 Å². The van der Waals surface area contributed by atoms with Crippen molar-refractivity contribution in [1.29, 1.82) is 0 Å². The summed E-state index contributed by atoms with van der Waals surface area (Å²) in [6.07, 6.45) is -9.55. The van der Waals surface area contributed by atoms with Crippen molar-refractivity contribution in [3.8, 4) is 5.75 Å². The van der Waals surface area contributed by atoms with Gasteiger partial charge in [-0.3, -0.25) is 14.5 Å². The van der Waals surface area contributed by atoms with Crippen molar-refractivity contribution in [2.75, 3.05) is 38.7 Å². The summed E-state index contributed by atoms with van der Waals surface area (Å²) >= 11 is 0. The van der Waals surface area contributed by atoms with Crippen molar-refractivity contribution in [3.05, 3.63) is 59.2 Å². The fourth-order valence-corrected chi connectivity index (χ4v) is 5.42. The van der Waals surface area contributed by atoms with Crippen LogP contribution < -0.4 is 10.1 Å². The molecule has 8 nitrogen and oxygen atoms in total. The molecule has 2 N–H and O–H groups in total. The first-order valence-electron chi connectivity index (χ1n) is 16.0. The van der Waals surface area contributed by atoms with E-state index in [0.717, 1.165) is 25.0 Å². The van der Waals surface area contributed by atoms with Crippen LogP contribution >= 0.6 is 0 Å². The Morgan fingerprint density at radius 3 is 2.40 bits per heavy atom. The average Bonchev–Trinajstić information content (AvgIpc) is 3.01. The highest BCUT2D eigenvalue weighted by Gasteiger charge is 2.32. The number of likely N-dealkylation sites (N-methyl/N-ethyl adjacent to an activating group) is 1. The molecule has 2 aromatic carbocycles. The third-order valence-corrected chi connectivity index (χ3v) is 8.20. The van der Waals surface area contributed by atoms with E-state index in [9.17, 15) is 41.0 Å². The van der Waals surface area contributed by atoms with Crippen LogP contribution in [0.2, 0.25) is 0 Å². The van der Waals surface area contributed by atoms with Crippen molar-refractivity contribution in [3.63, 3.8) is 0 Å². The molecule has 0 spiro atoms. The monoisotopic (exact) mass is 689 g/mol. The van der Waals surface area contributed by atoms with E-state index < -0.39 is 48.6 Å². The molecule has 14 heteroatoms. The Morgan fingerprint density at radius 2 is 1.77 bits per heavy atom. The van der Waals surface area contributed by atoms with E-state index in [2.05, 4.69) is 5.32 Å². The third kappa shape index (κ3) is 12.3.